The maximum absolute atomic E-state index is 13.4. The van der Waals surface area contributed by atoms with E-state index in [1.165, 1.54) is 30.5 Å². The fourth-order valence-corrected chi connectivity index (χ4v) is 5.42. The molecule has 1 N–H and O–H groups in total. The molecule has 0 aliphatic carbocycles. The van der Waals surface area contributed by atoms with Crippen LogP contribution in [0.3, 0.4) is 0 Å². The summed E-state index contributed by atoms with van der Waals surface area (Å²) in [5.41, 5.74) is 1.77. The summed E-state index contributed by atoms with van der Waals surface area (Å²) in [7, 11) is 4.97. The molecule has 2 aromatic carbocycles. The quantitative estimate of drug-likeness (QED) is 0.304. The zero-order chi connectivity index (χ0) is 25.4. The molecule has 186 valence electrons. The Balaban J connectivity index is 1.70. The first kappa shape index (κ1) is 23.7. The van der Waals surface area contributed by atoms with Crippen LogP contribution in [0.4, 0.5) is 5.69 Å². The molecule has 0 bridgehead atoms. The van der Waals surface area contributed by atoms with Gasteiger partial charge in [0.2, 0.25) is 0 Å². The fourth-order valence-electron chi connectivity index (χ4n) is 4.72. The summed E-state index contributed by atoms with van der Waals surface area (Å²) in [5, 5.41) is 13.4. The first-order chi connectivity index (χ1) is 17.4. The normalized spacial score (nSPS) is 18.7. The van der Waals surface area contributed by atoms with Gasteiger partial charge in [-0.1, -0.05) is 18.2 Å². The number of nitrogens with zero attached hydrogens (tertiary/aromatic N) is 2. The second kappa shape index (κ2) is 9.58. The number of rotatable bonds is 6. The van der Waals surface area contributed by atoms with Crippen LogP contribution in [0.5, 0.6) is 17.2 Å². The molecule has 3 aromatic rings. The van der Waals surface area contributed by atoms with Crippen LogP contribution in [-0.4, -0.2) is 56.1 Å². The molecule has 5 rings (SSSR count). The molecule has 3 heterocycles. The van der Waals surface area contributed by atoms with Gasteiger partial charge in [0.25, 0.3) is 11.7 Å². The van der Waals surface area contributed by atoms with E-state index in [1.807, 2.05) is 29.5 Å². The monoisotopic (exact) mass is 506 g/mol. The van der Waals surface area contributed by atoms with Crippen LogP contribution in [0, 0.1) is 0 Å². The number of amides is 1. The number of ether oxygens (including phenoxy) is 3. The molecule has 2 aliphatic heterocycles. The molecule has 8 nitrogen and oxygen atoms in total. The number of aliphatic hydroxyl groups excluding tert-OH is 1. The number of carbonyl (C=O) groups is 2. The van der Waals surface area contributed by atoms with Gasteiger partial charge >= 0.3 is 0 Å². The third kappa shape index (κ3) is 3.95. The number of hydrogen-bond acceptors (Lipinski definition) is 8. The fraction of sp³-hybridized carbons (Fsp3) is 0.259. The summed E-state index contributed by atoms with van der Waals surface area (Å²) in [4.78, 5) is 31.2. The number of carbonyl (C=O) groups excluding carboxylic acids is 2. The first-order valence-electron chi connectivity index (χ1n) is 11.4. The van der Waals surface area contributed by atoms with E-state index >= 15 is 0 Å². The number of anilines is 1. The van der Waals surface area contributed by atoms with Gasteiger partial charge in [-0.15, -0.1) is 11.3 Å². The van der Waals surface area contributed by atoms with E-state index in [9.17, 15) is 14.7 Å². The van der Waals surface area contributed by atoms with Crippen molar-refractivity contribution < 1.29 is 28.9 Å². The van der Waals surface area contributed by atoms with E-state index in [1.54, 1.807) is 36.4 Å². The number of para-hydroxylation sites is 1. The first-order valence-corrected chi connectivity index (χ1v) is 12.3. The number of thiophene rings is 1. The van der Waals surface area contributed by atoms with Gasteiger partial charge in [-0.05, 0) is 35.7 Å². The zero-order valence-electron chi connectivity index (χ0n) is 20.2. The molecule has 1 fully saturated rings. The van der Waals surface area contributed by atoms with Gasteiger partial charge in [-0.3, -0.25) is 9.59 Å². The highest BCUT2D eigenvalue weighted by Gasteiger charge is 2.47. The Morgan fingerprint density at radius 1 is 1.14 bits per heavy atom. The molecule has 2 aliphatic rings. The third-order valence-electron chi connectivity index (χ3n) is 6.50. The maximum Gasteiger partial charge on any atom is 0.295 e. The van der Waals surface area contributed by atoms with Gasteiger partial charge in [0.05, 0.1) is 44.6 Å². The molecule has 0 radical (unpaired) electrons. The van der Waals surface area contributed by atoms with Crippen molar-refractivity contribution in [1.82, 2.24) is 4.90 Å². The van der Waals surface area contributed by atoms with Crippen LogP contribution >= 0.6 is 11.3 Å². The largest absolute Gasteiger partial charge is 0.507 e. The summed E-state index contributed by atoms with van der Waals surface area (Å²) in [6.07, 6.45) is 0. The van der Waals surface area contributed by atoms with Gasteiger partial charge in [0, 0.05) is 23.1 Å². The van der Waals surface area contributed by atoms with Crippen LogP contribution in [0.1, 0.15) is 22.0 Å². The van der Waals surface area contributed by atoms with E-state index in [-0.39, 0.29) is 17.9 Å². The standard InChI is InChI=1S/C27H26N2O6S/c1-28-11-12-35-20-10-9-16(14-19(20)28)24(30)22-23(18-7-4-8-21(33-2)26(18)34-3)29(27(32)25(22)31)15-17-6-5-13-36-17/h4-10,13-14,23,30H,11-12,15H2,1-3H3/b24-22+. The molecular weight excluding hydrogens is 480 g/mol. The maximum atomic E-state index is 13.4. The van der Waals surface area contributed by atoms with Crippen LogP contribution in [0.2, 0.25) is 0 Å². The Kier molecular flexibility index (Phi) is 6.32. The summed E-state index contributed by atoms with van der Waals surface area (Å²) < 4.78 is 16.8. The van der Waals surface area contributed by atoms with Gasteiger partial charge in [-0.2, -0.15) is 0 Å². The van der Waals surface area contributed by atoms with Gasteiger partial charge in [0.1, 0.15) is 18.1 Å². The number of likely N-dealkylation sites (tertiary alicyclic amines) is 1. The molecule has 1 atom stereocenters. The zero-order valence-corrected chi connectivity index (χ0v) is 21.0. The molecule has 0 saturated carbocycles. The van der Waals surface area contributed by atoms with Gasteiger partial charge in [0.15, 0.2) is 11.5 Å². The molecule has 0 spiro atoms. The minimum atomic E-state index is -0.873. The predicted octanol–water partition coefficient (Wildman–Crippen LogP) is 4.22. The van der Waals surface area contributed by atoms with E-state index in [4.69, 9.17) is 14.2 Å². The van der Waals surface area contributed by atoms with Crippen LogP contribution < -0.4 is 19.1 Å². The Bertz CT molecular complexity index is 1350. The van der Waals surface area contributed by atoms with Crippen molar-refractivity contribution >= 4 is 34.5 Å². The SMILES string of the molecule is COc1cccc(C2/C(=C(\O)c3ccc4c(c3)N(C)CCO4)C(=O)C(=O)N2Cc2cccs2)c1OC. The van der Waals surface area contributed by atoms with Crippen molar-refractivity contribution in [3.05, 3.63) is 75.5 Å². The molecule has 1 saturated heterocycles. The van der Waals surface area contributed by atoms with E-state index < -0.39 is 17.7 Å². The molecule has 1 aromatic heterocycles. The van der Waals surface area contributed by atoms with Crippen LogP contribution in [0.25, 0.3) is 5.76 Å². The summed E-state index contributed by atoms with van der Waals surface area (Å²) in [6, 6.07) is 13.5. The highest BCUT2D eigenvalue weighted by molar-refractivity contribution is 7.09. The average Bonchev–Trinajstić information content (AvgIpc) is 3.50. The Labute approximate surface area is 212 Å². The second-order valence-electron chi connectivity index (χ2n) is 8.54. The van der Waals surface area contributed by atoms with Crippen molar-refractivity contribution in [3.63, 3.8) is 0 Å². The lowest BCUT2D eigenvalue weighted by Gasteiger charge is -2.28. The highest BCUT2D eigenvalue weighted by atomic mass is 32.1. The Morgan fingerprint density at radius 3 is 2.69 bits per heavy atom. The van der Waals surface area contributed by atoms with Gasteiger partial charge in [-0.25, -0.2) is 0 Å². The van der Waals surface area contributed by atoms with Crippen LogP contribution in [-0.2, 0) is 16.1 Å². The molecular formula is C27H26N2O6S. The lowest BCUT2D eigenvalue weighted by Crippen LogP contribution is -2.29. The number of fused-ring (bicyclic) bond motifs is 1. The number of likely N-dealkylation sites (N-methyl/N-ethyl adjacent to an activating group) is 1. The van der Waals surface area contributed by atoms with Crippen molar-refractivity contribution in [1.29, 1.82) is 0 Å². The number of aliphatic hydroxyl groups is 1. The Hall–Kier alpha value is -3.98. The van der Waals surface area contributed by atoms with Crippen molar-refractivity contribution in [2.45, 2.75) is 12.6 Å². The third-order valence-corrected chi connectivity index (χ3v) is 7.36. The van der Waals surface area contributed by atoms with Crippen molar-refractivity contribution in [2.24, 2.45) is 0 Å². The van der Waals surface area contributed by atoms with E-state index in [0.717, 1.165) is 10.6 Å². The summed E-state index contributed by atoms with van der Waals surface area (Å²) >= 11 is 1.49. The summed E-state index contributed by atoms with van der Waals surface area (Å²) in [5.74, 6) is -0.126. The minimum absolute atomic E-state index is 0.00226. The number of hydrogen-bond donors (Lipinski definition) is 1. The second-order valence-corrected chi connectivity index (χ2v) is 9.57. The smallest absolute Gasteiger partial charge is 0.295 e. The average molecular weight is 507 g/mol. The number of methoxy groups -OCH3 is 2. The lowest BCUT2D eigenvalue weighted by atomic mass is 9.94. The lowest BCUT2D eigenvalue weighted by molar-refractivity contribution is -0.140. The molecule has 1 amide bonds. The Morgan fingerprint density at radius 2 is 1.97 bits per heavy atom. The van der Waals surface area contributed by atoms with Gasteiger partial charge < -0.3 is 29.1 Å². The molecule has 36 heavy (non-hydrogen) atoms. The van der Waals surface area contributed by atoms with E-state index in [0.29, 0.717) is 41.5 Å². The topological polar surface area (TPSA) is 88.5 Å². The summed E-state index contributed by atoms with van der Waals surface area (Å²) in [6.45, 7) is 1.48. The minimum Gasteiger partial charge on any atom is -0.507 e. The number of benzene rings is 2. The number of Topliss-reactive ketones (excluding diaryl/α,β-unsaturated/α-hetero) is 1. The molecule has 1 unspecified atom stereocenters. The van der Waals surface area contributed by atoms with E-state index in [2.05, 4.69) is 0 Å². The highest BCUT2D eigenvalue weighted by Crippen LogP contribution is 2.46. The number of ketones is 1. The molecule has 9 heteroatoms. The predicted molar refractivity (Wildman–Crippen MR) is 137 cm³/mol. The van der Waals surface area contributed by atoms with Crippen LogP contribution in [0.15, 0.2) is 59.5 Å². The van der Waals surface area contributed by atoms with Crippen molar-refractivity contribution in [2.75, 3.05) is 39.3 Å². The van der Waals surface area contributed by atoms with Crippen molar-refractivity contribution in [3.8, 4) is 17.2 Å².